The maximum absolute atomic E-state index is 13.5. The first-order valence-corrected chi connectivity index (χ1v) is 8.90. The van der Waals surface area contributed by atoms with E-state index >= 15 is 0 Å². The Morgan fingerprint density at radius 2 is 1.83 bits per heavy atom. The highest BCUT2D eigenvalue weighted by molar-refractivity contribution is 7.92. The fourth-order valence-corrected chi connectivity index (χ4v) is 5.51. The molecule has 0 spiro atoms. The summed E-state index contributed by atoms with van der Waals surface area (Å²) < 4.78 is 39.3. The van der Waals surface area contributed by atoms with Crippen molar-refractivity contribution >= 4 is 9.84 Å². The summed E-state index contributed by atoms with van der Waals surface area (Å²) in [6.07, 6.45) is 0. The molecule has 0 bridgehead atoms. The number of benzene rings is 2. The van der Waals surface area contributed by atoms with Crippen molar-refractivity contribution < 1.29 is 12.8 Å². The van der Waals surface area contributed by atoms with E-state index in [1.54, 1.807) is 36.4 Å². The lowest BCUT2D eigenvalue weighted by atomic mass is 10.1. The largest absolute Gasteiger partial charge is 0.329 e. The van der Waals surface area contributed by atoms with Crippen LogP contribution in [0.1, 0.15) is 17.0 Å². The third-order valence-corrected chi connectivity index (χ3v) is 6.86. The molecule has 1 aliphatic carbocycles. The molecule has 6 heteroatoms. The smallest absolute Gasteiger partial charge is 0.183 e. The van der Waals surface area contributed by atoms with Crippen molar-refractivity contribution in [2.45, 2.75) is 28.5 Å². The van der Waals surface area contributed by atoms with Gasteiger partial charge in [-0.3, -0.25) is 0 Å². The monoisotopic (exact) mass is 334 g/mol. The molecule has 3 atom stereocenters. The summed E-state index contributed by atoms with van der Waals surface area (Å²) in [7, 11) is -3.64. The molecule has 4 nitrogen and oxygen atoms in total. The van der Waals surface area contributed by atoms with Gasteiger partial charge in [-0.1, -0.05) is 29.8 Å². The van der Waals surface area contributed by atoms with Gasteiger partial charge in [0.25, 0.3) is 0 Å². The summed E-state index contributed by atoms with van der Waals surface area (Å²) in [5.41, 5.74) is 12.5. The first kappa shape index (κ1) is 16.1. The van der Waals surface area contributed by atoms with Gasteiger partial charge in [0.15, 0.2) is 9.84 Å². The third kappa shape index (κ3) is 2.56. The first-order chi connectivity index (χ1) is 10.8. The normalized spacial score (nSPS) is 27.0. The third-order valence-electron chi connectivity index (χ3n) is 4.55. The van der Waals surface area contributed by atoms with Gasteiger partial charge in [0.2, 0.25) is 0 Å². The second-order valence-electron chi connectivity index (χ2n) is 6.13. The first-order valence-electron chi connectivity index (χ1n) is 7.35. The van der Waals surface area contributed by atoms with Gasteiger partial charge in [-0.15, -0.1) is 0 Å². The topological polar surface area (TPSA) is 86.2 Å². The van der Waals surface area contributed by atoms with Crippen LogP contribution in [0, 0.1) is 12.7 Å². The second kappa shape index (κ2) is 5.40. The molecule has 1 fully saturated rings. The van der Waals surface area contributed by atoms with Crippen LogP contribution in [0.2, 0.25) is 0 Å². The molecule has 2 aromatic carbocycles. The van der Waals surface area contributed by atoms with E-state index in [9.17, 15) is 12.8 Å². The summed E-state index contributed by atoms with van der Waals surface area (Å²) in [5.74, 6) is -0.922. The Morgan fingerprint density at radius 1 is 1.17 bits per heavy atom. The van der Waals surface area contributed by atoms with Gasteiger partial charge >= 0.3 is 0 Å². The molecule has 3 rings (SSSR count). The highest BCUT2D eigenvalue weighted by Gasteiger charge is 2.68. The Morgan fingerprint density at radius 3 is 2.39 bits per heavy atom. The Balaban J connectivity index is 2.03. The van der Waals surface area contributed by atoms with Crippen LogP contribution in [0.15, 0.2) is 53.4 Å². The minimum atomic E-state index is -3.64. The van der Waals surface area contributed by atoms with E-state index in [1.165, 1.54) is 12.1 Å². The maximum atomic E-state index is 13.5. The fourth-order valence-electron chi connectivity index (χ4n) is 3.19. The van der Waals surface area contributed by atoms with Gasteiger partial charge in [-0.25, -0.2) is 12.8 Å². The number of nitrogens with two attached hydrogens (primary N) is 2. The van der Waals surface area contributed by atoms with Gasteiger partial charge in [-0.05, 0) is 36.8 Å². The molecule has 1 saturated carbocycles. The summed E-state index contributed by atoms with van der Waals surface area (Å²) >= 11 is 0. The van der Waals surface area contributed by atoms with Crippen molar-refractivity contribution in [3.8, 4) is 0 Å². The Hall–Kier alpha value is -1.76. The lowest BCUT2D eigenvalue weighted by Crippen LogP contribution is -2.39. The standard InChI is InChI=1S/C17H19FN2O2S/c1-11-5-7-14(8-6-11)23(21,22)16-15(17(16,20)10-19)12-3-2-4-13(18)9-12/h2-9,15-16H,10,19-20H2,1H3. The number of rotatable bonds is 4. The van der Waals surface area contributed by atoms with E-state index in [0.717, 1.165) is 5.56 Å². The van der Waals surface area contributed by atoms with Crippen molar-refractivity contribution in [3.05, 3.63) is 65.5 Å². The maximum Gasteiger partial charge on any atom is 0.183 e. The zero-order valence-corrected chi connectivity index (χ0v) is 13.6. The van der Waals surface area contributed by atoms with E-state index in [2.05, 4.69) is 0 Å². The predicted octanol–water partition coefficient (Wildman–Crippen LogP) is 1.73. The number of hydrogen-bond acceptors (Lipinski definition) is 4. The van der Waals surface area contributed by atoms with Crippen LogP contribution < -0.4 is 11.5 Å². The molecular formula is C17H19FN2O2S. The number of hydrogen-bond donors (Lipinski definition) is 2. The molecule has 0 aromatic heterocycles. The van der Waals surface area contributed by atoms with E-state index in [0.29, 0.717) is 5.56 Å². The highest BCUT2D eigenvalue weighted by Crippen LogP contribution is 2.55. The van der Waals surface area contributed by atoms with Crippen molar-refractivity contribution in [1.29, 1.82) is 0 Å². The zero-order valence-electron chi connectivity index (χ0n) is 12.7. The summed E-state index contributed by atoms with van der Waals surface area (Å²) in [5, 5.41) is -0.843. The van der Waals surface area contributed by atoms with E-state index < -0.39 is 32.4 Å². The lowest BCUT2D eigenvalue weighted by molar-refractivity contribution is 0.586. The summed E-state index contributed by atoms with van der Waals surface area (Å²) in [4.78, 5) is 0.218. The van der Waals surface area contributed by atoms with Crippen LogP contribution in [0.5, 0.6) is 0 Å². The molecule has 0 aliphatic heterocycles. The molecule has 0 saturated heterocycles. The Labute approximate surface area is 135 Å². The molecule has 3 unspecified atom stereocenters. The Kier molecular flexibility index (Phi) is 3.78. The van der Waals surface area contributed by atoms with Crippen LogP contribution in [0.25, 0.3) is 0 Å². The van der Waals surface area contributed by atoms with Crippen molar-refractivity contribution in [3.63, 3.8) is 0 Å². The molecule has 23 heavy (non-hydrogen) atoms. The van der Waals surface area contributed by atoms with E-state index in [-0.39, 0.29) is 11.4 Å². The molecule has 1 aliphatic rings. The number of halogens is 1. The van der Waals surface area contributed by atoms with Crippen LogP contribution in [-0.4, -0.2) is 25.8 Å². The average molecular weight is 334 g/mol. The Bertz CT molecular complexity index is 836. The van der Waals surface area contributed by atoms with Gasteiger partial charge < -0.3 is 11.5 Å². The molecule has 0 heterocycles. The molecule has 122 valence electrons. The van der Waals surface area contributed by atoms with Gasteiger partial charge in [0, 0.05) is 12.5 Å². The molecule has 2 aromatic rings. The number of sulfone groups is 1. The van der Waals surface area contributed by atoms with Crippen LogP contribution in [0.4, 0.5) is 4.39 Å². The van der Waals surface area contributed by atoms with Crippen molar-refractivity contribution in [2.75, 3.05) is 6.54 Å². The highest BCUT2D eigenvalue weighted by atomic mass is 32.2. The quantitative estimate of drug-likeness (QED) is 0.891. The molecule has 0 amide bonds. The lowest BCUT2D eigenvalue weighted by Gasteiger charge is -2.09. The van der Waals surface area contributed by atoms with Crippen molar-refractivity contribution in [2.24, 2.45) is 11.5 Å². The second-order valence-corrected chi connectivity index (χ2v) is 8.20. The van der Waals surface area contributed by atoms with Gasteiger partial charge in [0.05, 0.1) is 15.7 Å². The zero-order chi connectivity index (χ0) is 16.8. The van der Waals surface area contributed by atoms with Gasteiger partial charge in [-0.2, -0.15) is 0 Å². The molecule has 0 radical (unpaired) electrons. The van der Waals surface area contributed by atoms with Crippen LogP contribution in [0.3, 0.4) is 0 Å². The minimum Gasteiger partial charge on any atom is -0.329 e. The molecule has 4 N–H and O–H groups in total. The van der Waals surface area contributed by atoms with Crippen molar-refractivity contribution in [1.82, 2.24) is 0 Å². The SMILES string of the molecule is Cc1ccc(S(=O)(=O)C2C(c3cccc(F)c3)C2(N)CN)cc1. The van der Waals surface area contributed by atoms with Crippen LogP contribution in [-0.2, 0) is 9.84 Å². The van der Waals surface area contributed by atoms with E-state index in [1.807, 2.05) is 6.92 Å². The van der Waals surface area contributed by atoms with Gasteiger partial charge in [0.1, 0.15) is 5.82 Å². The predicted molar refractivity (Wildman–Crippen MR) is 87.3 cm³/mol. The molecular weight excluding hydrogens is 315 g/mol. The fraction of sp³-hybridized carbons (Fsp3) is 0.294. The summed E-state index contributed by atoms with van der Waals surface area (Å²) in [6.45, 7) is 1.90. The van der Waals surface area contributed by atoms with E-state index in [4.69, 9.17) is 11.5 Å². The average Bonchev–Trinajstić information content (AvgIpc) is 3.15. The van der Waals surface area contributed by atoms with Crippen LogP contribution >= 0.6 is 0 Å². The minimum absolute atomic E-state index is 0.0178. The number of aryl methyl sites for hydroxylation is 1. The summed E-state index contributed by atoms with van der Waals surface area (Å²) in [6, 6.07) is 12.5.